The van der Waals surface area contributed by atoms with Gasteiger partial charge in [-0.25, -0.2) is 0 Å². The number of hydrogen-bond donors (Lipinski definition) is 2. The molecule has 1 aromatic heterocycles. The third-order valence-corrected chi connectivity index (χ3v) is 5.07. The molecule has 5 nitrogen and oxygen atoms in total. The van der Waals surface area contributed by atoms with E-state index < -0.39 is 17.6 Å². The first kappa shape index (κ1) is 20.7. The number of benzene rings is 2. The predicted molar refractivity (Wildman–Crippen MR) is 112 cm³/mol. The molecule has 0 saturated carbocycles. The van der Waals surface area contributed by atoms with E-state index in [0.717, 1.165) is 41.9 Å². The molecule has 0 aliphatic heterocycles. The van der Waals surface area contributed by atoms with Gasteiger partial charge in [-0.05, 0) is 50.1 Å². The Labute approximate surface area is 177 Å². The number of para-hydroxylation sites is 1. The second-order valence-corrected chi connectivity index (χ2v) is 7.28. The van der Waals surface area contributed by atoms with E-state index in [1.54, 1.807) is 6.92 Å². The lowest BCUT2D eigenvalue weighted by Crippen LogP contribution is -2.15. The first-order chi connectivity index (χ1) is 14.8. The van der Waals surface area contributed by atoms with Crippen LogP contribution in [0.2, 0.25) is 0 Å². The Bertz CT molecular complexity index is 1130. The average molecular weight is 427 g/mol. The van der Waals surface area contributed by atoms with Crippen LogP contribution in [0.25, 0.3) is 0 Å². The normalized spacial score (nSPS) is 14.9. The molecule has 0 radical (unpaired) electrons. The number of amides is 1. The lowest BCUT2D eigenvalue weighted by molar-refractivity contribution is -0.137. The lowest BCUT2D eigenvalue weighted by Gasteiger charge is -2.13. The zero-order chi connectivity index (χ0) is 22.0. The highest BCUT2D eigenvalue weighted by atomic mass is 19.4. The van der Waals surface area contributed by atoms with Gasteiger partial charge in [0.15, 0.2) is 5.76 Å². The summed E-state index contributed by atoms with van der Waals surface area (Å²) >= 11 is 0. The molecule has 0 saturated heterocycles. The second kappa shape index (κ2) is 8.29. The van der Waals surface area contributed by atoms with Crippen molar-refractivity contribution < 1.29 is 22.4 Å². The van der Waals surface area contributed by atoms with Gasteiger partial charge in [0.1, 0.15) is 5.76 Å². The van der Waals surface area contributed by atoms with Gasteiger partial charge >= 0.3 is 6.18 Å². The Morgan fingerprint density at radius 1 is 1.03 bits per heavy atom. The number of halogens is 3. The molecule has 31 heavy (non-hydrogen) atoms. The van der Waals surface area contributed by atoms with Crippen molar-refractivity contribution in [3.05, 3.63) is 82.8 Å². The third-order valence-electron chi connectivity index (χ3n) is 5.07. The Morgan fingerprint density at radius 2 is 1.77 bits per heavy atom. The molecule has 1 aliphatic rings. The Morgan fingerprint density at radius 3 is 2.52 bits per heavy atom. The Hall–Kier alpha value is -3.55. The molecule has 0 atom stereocenters. The number of anilines is 2. The molecular formula is C23H20F3N3O2. The number of fused-ring (bicyclic) bond motifs is 1. The monoisotopic (exact) mass is 427 g/mol. The van der Waals surface area contributed by atoms with E-state index in [0.29, 0.717) is 17.7 Å². The minimum absolute atomic E-state index is 0.0493. The number of rotatable bonds is 4. The SMILES string of the molecule is Cc1c(C(=O)Nc2cccc(C(F)(F)F)c2)oc2c1/C(=N/Nc1ccccc1)CCC2. The number of alkyl halides is 3. The van der Waals surface area contributed by atoms with Gasteiger partial charge in [0, 0.05) is 23.2 Å². The molecule has 0 spiro atoms. The van der Waals surface area contributed by atoms with Crippen molar-refractivity contribution in [1.29, 1.82) is 0 Å². The van der Waals surface area contributed by atoms with E-state index in [-0.39, 0.29) is 11.4 Å². The molecular weight excluding hydrogens is 407 g/mol. The molecule has 2 N–H and O–H groups in total. The van der Waals surface area contributed by atoms with Gasteiger partial charge in [0.2, 0.25) is 0 Å². The van der Waals surface area contributed by atoms with E-state index >= 15 is 0 Å². The summed E-state index contributed by atoms with van der Waals surface area (Å²) in [5.41, 5.74) is 5.26. The fraction of sp³-hybridized carbons (Fsp3) is 0.217. The van der Waals surface area contributed by atoms with Crippen LogP contribution in [0.1, 0.15) is 45.8 Å². The summed E-state index contributed by atoms with van der Waals surface area (Å²) in [6, 6.07) is 14.0. The number of hydrazone groups is 1. The summed E-state index contributed by atoms with van der Waals surface area (Å²) in [4.78, 5) is 12.8. The van der Waals surface area contributed by atoms with Crippen LogP contribution in [0.3, 0.4) is 0 Å². The standard InChI is InChI=1S/C23H20F3N3O2/c1-14-20-18(29-28-16-8-3-2-4-9-16)11-6-12-19(20)31-21(14)22(30)27-17-10-5-7-15(13-17)23(24,25)26/h2-5,7-10,13,28H,6,11-12H2,1H3,(H,27,30)/b29-18+. The van der Waals surface area contributed by atoms with Crippen LogP contribution in [0.4, 0.5) is 24.5 Å². The van der Waals surface area contributed by atoms with E-state index in [1.165, 1.54) is 12.1 Å². The minimum atomic E-state index is -4.49. The fourth-order valence-corrected chi connectivity index (χ4v) is 3.60. The van der Waals surface area contributed by atoms with Crippen LogP contribution in [0.5, 0.6) is 0 Å². The van der Waals surface area contributed by atoms with Crippen molar-refractivity contribution in [1.82, 2.24) is 0 Å². The first-order valence-electron chi connectivity index (χ1n) is 9.82. The van der Waals surface area contributed by atoms with Crippen molar-refractivity contribution >= 4 is 23.0 Å². The number of carbonyl (C=O) groups excluding carboxylic acids is 1. The van der Waals surface area contributed by atoms with Crippen LogP contribution < -0.4 is 10.7 Å². The van der Waals surface area contributed by atoms with Gasteiger partial charge in [0.25, 0.3) is 5.91 Å². The van der Waals surface area contributed by atoms with E-state index in [2.05, 4.69) is 15.8 Å². The Kier molecular flexibility index (Phi) is 5.54. The predicted octanol–water partition coefficient (Wildman–Crippen LogP) is 6.01. The third kappa shape index (κ3) is 4.47. The molecule has 0 unspecified atom stereocenters. The molecule has 1 aliphatic carbocycles. The highest BCUT2D eigenvalue weighted by Crippen LogP contribution is 2.32. The van der Waals surface area contributed by atoms with Crippen molar-refractivity contribution in [2.45, 2.75) is 32.4 Å². The summed E-state index contributed by atoms with van der Waals surface area (Å²) in [6.45, 7) is 1.76. The van der Waals surface area contributed by atoms with Gasteiger partial charge in [-0.15, -0.1) is 0 Å². The summed E-state index contributed by atoms with van der Waals surface area (Å²) in [7, 11) is 0. The topological polar surface area (TPSA) is 66.6 Å². The van der Waals surface area contributed by atoms with Gasteiger partial charge in [-0.3, -0.25) is 10.2 Å². The summed E-state index contributed by atoms with van der Waals surface area (Å²) in [6.07, 6.45) is -2.28. The molecule has 0 fully saturated rings. The van der Waals surface area contributed by atoms with Crippen LogP contribution in [0, 0.1) is 6.92 Å². The molecule has 160 valence electrons. The minimum Gasteiger partial charge on any atom is -0.455 e. The van der Waals surface area contributed by atoms with Gasteiger partial charge < -0.3 is 9.73 Å². The molecule has 8 heteroatoms. The van der Waals surface area contributed by atoms with Crippen molar-refractivity contribution in [2.24, 2.45) is 5.10 Å². The molecule has 0 bridgehead atoms. The number of furan rings is 1. The summed E-state index contributed by atoms with van der Waals surface area (Å²) in [5, 5.41) is 7.01. The second-order valence-electron chi connectivity index (χ2n) is 7.28. The van der Waals surface area contributed by atoms with Crippen molar-refractivity contribution in [3.63, 3.8) is 0 Å². The van der Waals surface area contributed by atoms with E-state index in [9.17, 15) is 18.0 Å². The molecule has 2 aromatic carbocycles. The Balaban J connectivity index is 1.59. The summed E-state index contributed by atoms with van der Waals surface area (Å²) in [5.74, 6) is 0.143. The van der Waals surface area contributed by atoms with Crippen LogP contribution in [0.15, 0.2) is 64.1 Å². The van der Waals surface area contributed by atoms with E-state index in [4.69, 9.17) is 4.42 Å². The fourth-order valence-electron chi connectivity index (χ4n) is 3.60. The van der Waals surface area contributed by atoms with Gasteiger partial charge in [-0.2, -0.15) is 18.3 Å². The number of nitrogens with one attached hydrogen (secondary N) is 2. The highest BCUT2D eigenvalue weighted by molar-refractivity contribution is 6.09. The van der Waals surface area contributed by atoms with Crippen LogP contribution >= 0.6 is 0 Å². The zero-order valence-corrected chi connectivity index (χ0v) is 16.7. The molecule has 1 heterocycles. The van der Waals surface area contributed by atoms with Crippen LogP contribution in [-0.4, -0.2) is 11.6 Å². The quantitative estimate of drug-likeness (QED) is 0.501. The van der Waals surface area contributed by atoms with Crippen molar-refractivity contribution in [3.8, 4) is 0 Å². The van der Waals surface area contributed by atoms with Gasteiger partial charge in [-0.1, -0.05) is 24.3 Å². The van der Waals surface area contributed by atoms with Crippen molar-refractivity contribution in [2.75, 3.05) is 10.7 Å². The number of carbonyl (C=O) groups is 1. The zero-order valence-electron chi connectivity index (χ0n) is 16.7. The molecule has 4 rings (SSSR count). The smallest absolute Gasteiger partial charge is 0.416 e. The highest BCUT2D eigenvalue weighted by Gasteiger charge is 2.31. The summed E-state index contributed by atoms with van der Waals surface area (Å²) < 4.78 is 44.6. The average Bonchev–Trinajstić information content (AvgIpc) is 3.10. The lowest BCUT2D eigenvalue weighted by atomic mass is 9.93. The molecule has 1 amide bonds. The first-order valence-corrected chi connectivity index (χ1v) is 9.82. The number of nitrogens with zero attached hydrogens (tertiary/aromatic N) is 1. The largest absolute Gasteiger partial charge is 0.455 e. The number of hydrogen-bond acceptors (Lipinski definition) is 4. The maximum atomic E-state index is 12.9. The van der Waals surface area contributed by atoms with E-state index in [1.807, 2.05) is 30.3 Å². The number of aryl methyl sites for hydroxylation is 1. The maximum Gasteiger partial charge on any atom is 0.416 e. The van der Waals surface area contributed by atoms with Crippen LogP contribution in [-0.2, 0) is 12.6 Å². The van der Waals surface area contributed by atoms with Gasteiger partial charge in [0.05, 0.1) is 17.0 Å². The molecule has 3 aromatic rings. The maximum absolute atomic E-state index is 12.9.